The van der Waals surface area contributed by atoms with Crippen molar-refractivity contribution in [1.29, 1.82) is 0 Å². The first-order valence-electron chi connectivity index (χ1n) is 7.43. The second-order valence-electron chi connectivity index (χ2n) is 5.28. The van der Waals surface area contributed by atoms with Crippen LogP contribution in [-0.2, 0) is 11.2 Å². The molecule has 2 aromatic heterocycles. The minimum absolute atomic E-state index is 0.319. The summed E-state index contributed by atoms with van der Waals surface area (Å²) in [5.74, 6) is 0.461. The van der Waals surface area contributed by atoms with E-state index in [0.29, 0.717) is 22.5 Å². The number of aromatic nitrogens is 2. The molecule has 1 aromatic carbocycles. The predicted molar refractivity (Wildman–Crippen MR) is 102 cm³/mol. The molecule has 24 heavy (non-hydrogen) atoms. The number of thiophene rings is 1. The van der Waals surface area contributed by atoms with Crippen LogP contribution in [-0.4, -0.2) is 22.5 Å². The van der Waals surface area contributed by atoms with E-state index in [-0.39, 0.29) is 5.97 Å². The van der Waals surface area contributed by atoms with Gasteiger partial charge >= 0.3 is 5.97 Å². The number of aromatic amines is 1. The Morgan fingerprint density at radius 2 is 2.25 bits per heavy atom. The molecule has 0 spiro atoms. The maximum atomic E-state index is 12.1. The number of rotatable bonds is 4. The number of nitrogens with zero attached hydrogens (tertiary/aromatic N) is 1. The summed E-state index contributed by atoms with van der Waals surface area (Å²) in [7, 11) is 0. The van der Waals surface area contributed by atoms with E-state index in [1.54, 1.807) is 6.92 Å². The smallest absolute Gasteiger partial charge is 0.348 e. The fourth-order valence-corrected chi connectivity index (χ4v) is 4.49. The summed E-state index contributed by atoms with van der Waals surface area (Å²) in [4.78, 5) is 21.3. The van der Waals surface area contributed by atoms with Gasteiger partial charge in [0.05, 0.1) is 6.61 Å². The lowest BCUT2D eigenvalue weighted by Crippen LogP contribution is -2.03. The van der Waals surface area contributed by atoms with Crippen molar-refractivity contribution >= 4 is 55.7 Å². The molecule has 0 saturated heterocycles. The number of aryl methyl sites for hydroxylation is 1. The van der Waals surface area contributed by atoms with E-state index in [4.69, 9.17) is 17.0 Å². The molecule has 3 aromatic rings. The van der Waals surface area contributed by atoms with E-state index >= 15 is 0 Å². The Bertz CT molecular complexity index is 978. The van der Waals surface area contributed by atoms with Crippen LogP contribution in [0.1, 0.15) is 33.5 Å². The molecule has 0 aliphatic heterocycles. The molecule has 1 N–H and O–H groups in total. The zero-order chi connectivity index (χ0) is 17.3. The van der Waals surface area contributed by atoms with Crippen LogP contribution < -0.4 is 0 Å². The highest BCUT2D eigenvalue weighted by molar-refractivity contribution is 9.10. The highest BCUT2D eigenvalue weighted by atomic mass is 79.9. The number of fused-ring (bicyclic) bond motifs is 1. The van der Waals surface area contributed by atoms with Gasteiger partial charge in [0, 0.05) is 16.3 Å². The van der Waals surface area contributed by atoms with E-state index in [1.807, 2.05) is 31.2 Å². The monoisotopic (exact) mass is 422 g/mol. The Kier molecular flexibility index (Phi) is 5.12. The number of carbonyl (C=O) groups is 1. The molecule has 7 heteroatoms. The van der Waals surface area contributed by atoms with Gasteiger partial charge in [-0.25, -0.2) is 9.78 Å². The minimum atomic E-state index is -0.319. The summed E-state index contributed by atoms with van der Waals surface area (Å²) in [6.45, 7) is 4.02. The van der Waals surface area contributed by atoms with Crippen molar-refractivity contribution in [3.8, 4) is 0 Å². The van der Waals surface area contributed by atoms with E-state index < -0.39 is 0 Å². The number of carbonyl (C=O) groups excluding carboxylic acids is 1. The van der Waals surface area contributed by atoms with Gasteiger partial charge in [-0.2, -0.15) is 0 Å². The number of H-pyrrole nitrogens is 1. The van der Waals surface area contributed by atoms with Gasteiger partial charge in [0.15, 0.2) is 0 Å². The summed E-state index contributed by atoms with van der Waals surface area (Å²) in [5, 5.41) is 0.830. The fraction of sp³-hybridized carbons (Fsp3) is 0.235. The third-order valence-electron chi connectivity index (χ3n) is 3.57. The first kappa shape index (κ1) is 17.3. The third-order valence-corrected chi connectivity index (χ3v) is 5.54. The topological polar surface area (TPSA) is 55.0 Å². The molecule has 0 saturated carbocycles. The summed E-state index contributed by atoms with van der Waals surface area (Å²) in [5.41, 5.74) is 1.96. The fourth-order valence-electron chi connectivity index (χ4n) is 2.50. The number of benzene rings is 1. The van der Waals surface area contributed by atoms with Crippen LogP contribution in [0.3, 0.4) is 0 Å². The largest absolute Gasteiger partial charge is 0.462 e. The highest BCUT2D eigenvalue weighted by Crippen LogP contribution is 2.31. The van der Waals surface area contributed by atoms with E-state index in [9.17, 15) is 4.79 Å². The maximum Gasteiger partial charge on any atom is 0.348 e. The molecule has 0 aliphatic carbocycles. The molecule has 124 valence electrons. The molecule has 0 aliphatic rings. The Morgan fingerprint density at radius 1 is 1.46 bits per heavy atom. The van der Waals surface area contributed by atoms with E-state index in [0.717, 1.165) is 31.6 Å². The first-order chi connectivity index (χ1) is 11.5. The molecular formula is C17H15BrN2O2S2. The summed E-state index contributed by atoms with van der Waals surface area (Å²) >= 11 is 10.3. The molecule has 0 radical (unpaired) electrons. The summed E-state index contributed by atoms with van der Waals surface area (Å²) < 4.78 is 6.74. The van der Waals surface area contributed by atoms with Gasteiger partial charge in [-0.15, -0.1) is 11.3 Å². The number of hydrogen-bond donors (Lipinski definition) is 1. The summed E-state index contributed by atoms with van der Waals surface area (Å²) in [6.07, 6.45) is 0.644. The van der Waals surface area contributed by atoms with Crippen molar-refractivity contribution < 1.29 is 9.53 Å². The van der Waals surface area contributed by atoms with Crippen molar-refractivity contribution in [2.45, 2.75) is 20.3 Å². The molecule has 0 amide bonds. The normalized spacial score (nSPS) is 11.0. The maximum absolute atomic E-state index is 12.1. The lowest BCUT2D eigenvalue weighted by atomic mass is 10.1. The third kappa shape index (κ3) is 3.43. The lowest BCUT2D eigenvalue weighted by Gasteiger charge is -2.03. The average Bonchev–Trinajstić information content (AvgIpc) is 2.85. The van der Waals surface area contributed by atoms with Gasteiger partial charge in [-0.3, -0.25) is 0 Å². The molecule has 2 heterocycles. The van der Waals surface area contributed by atoms with Crippen LogP contribution in [0, 0.1) is 11.6 Å². The molecule has 0 atom stereocenters. The number of hydrogen-bond acceptors (Lipinski definition) is 5. The molecular weight excluding hydrogens is 408 g/mol. The zero-order valence-corrected chi connectivity index (χ0v) is 16.4. The molecule has 0 unspecified atom stereocenters. The number of ether oxygens (including phenoxy) is 1. The predicted octanol–water partition coefficient (Wildman–Crippen LogP) is 5.19. The molecule has 0 bridgehead atoms. The first-order valence-corrected chi connectivity index (χ1v) is 9.45. The van der Waals surface area contributed by atoms with E-state index in [1.165, 1.54) is 11.3 Å². The Hall–Kier alpha value is -1.57. The molecule has 3 rings (SSSR count). The van der Waals surface area contributed by atoms with Gasteiger partial charge in [-0.1, -0.05) is 40.3 Å². The van der Waals surface area contributed by atoms with Gasteiger partial charge < -0.3 is 9.72 Å². The van der Waals surface area contributed by atoms with Crippen LogP contribution in [0.5, 0.6) is 0 Å². The Labute approximate surface area is 157 Å². The van der Waals surface area contributed by atoms with Crippen LogP contribution in [0.25, 0.3) is 10.2 Å². The highest BCUT2D eigenvalue weighted by Gasteiger charge is 2.19. The molecule has 4 nitrogen and oxygen atoms in total. The van der Waals surface area contributed by atoms with Gasteiger partial charge in [0.25, 0.3) is 0 Å². The van der Waals surface area contributed by atoms with Gasteiger partial charge in [0.1, 0.15) is 20.2 Å². The second kappa shape index (κ2) is 7.13. The van der Waals surface area contributed by atoms with Crippen molar-refractivity contribution in [2.24, 2.45) is 0 Å². The van der Waals surface area contributed by atoms with Gasteiger partial charge in [-0.05, 0) is 37.1 Å². The van der Waals surface area contributed by atoms with Crippen molar-refractivity contribution in [1.82, 2.24) is 9.97 Å². The number of nitrogens with one attached hydrogen (secondary N) is 1. The van der Waals surface area contributed by atoms with Crippen LogP contribution in [0.4, 0.5) is 0 Å². The van der Waals surface area contributed by atoms with Gasteiger partial charge in [0.2, 0.25) is 0 Å². The van der Waals surface area contributed by atoms with Crippen molar-refractivity contribution in [2.75, 3.05) is 6.61 Å². The number of halogens is 1. The average molecular weight is 423 g/mol. The second-order valence-corrected chi connectivity index (χ2v) is 7.60. The van der Waals surface area contributed by atoms with Crippen LogP contribution in [0.15, 0.2) is 28.7 Å². The number of esters is 1. The summed E-state index contributed by atoms with van der Waals surface area (Å²) in [6, 6.07) is 8.06. The Balaban J connectivity index is 2.04. The van der Waals surface area contributed by atoms with Crippen LogP contribution >= 0.6 is 39.5 Å². The van der Waals surface area contributed by atoms with Crippen molar-refractivity contribution in [3.63, 3.8) is 0 Å². The zero-order valence-electron chi connectivity index (χ0n) is 13.2. The van der Waals surface area contributed by atoms with Crippen LogP contribution in [0.2, 0.25) is 0 Å². The molecule has 0 fully saturated rings. The quantitative estimate of drug-likeness (QED) is 0.464. The standard InChI is InChI=1S/C17H15BrN2O2S2/c1-3-22-17(21)14-9(2)13-15(23)19-12(20-16(13)24-14)8-10-5-4-6-11(18)7-10/h4-7H,3,8H2,1-2H3,(H,19,20,23). The minimum Gasteiger partial charge on any atom is -0.462 e. The van der Waals surface area contributed by atoms with Crippen molar-refractivity contribution in [3.05, 3.63) is 55.2 Å². The Morgan fingerprint density at radius 3 is 2.96 bits per heavy atom. The lowest BCUT2D eigenvalue weighted by molar-refractivity contribution is 0.0531. The SMILES string of the molecule is CCOC(=O)c1sc2nc(Cc3cccc(Br)c3)[nH]c(=S)c2c1C. The van der Waals surface area contributed by atoms with E-state index in [2.05, 4.69) is 25.9 Å².